The Labute approximate surface area is 62.2 Å². The molecule has 1 rings (SSSR count). The molecule has 10 heavy (non-hydrogen) atoms. The van der Waals surface area contributed by atoms with Gasteiger partial charge in [-0.2, -0.15) is 0 Å². The minimum absolute atomic E-state index is 0.373. The Morgan fingerprint density at radius 2 is 2.10 bits per heavy atom. The molecule has 0 saturated carbocycles. The average molecular weight is 159 g/mol. The van der Waals surface area contributed by atoms with E-state index in [0.29, 0.717) is 0 Å². The van der Waals surface area contributed by atoms with Crippen LogP contribution in [0.2, 0.25) is 0 Å². The largest absolute Gasteiger partial charge is 0.452 e. The maximum absolute atomic E-state index is 10.6. The molecule has 0 atom stereocenters. The van der Waals surface area contributed by atoms with Crippen molar-refractivity contribution in [3.8, 4) is 0 Å². The highest BCUT2D eigenvalue weighted by atomic mass is 32.2. The molecular formula is C6H9NO2S. The van der Waals surface area contributed by atoms with E-state index in [2.05, 4.69) is 9.46 Å². The van der Waals surface area contributed by atoms with Crippen LogP contribution in [0.4, 0.5) is 4.79 Å². The Bertz CT molecular complexity index is 176. The summed E-state index contributed by atoms with van der Waals surface area (Å²) in [5.41, 5.74) is 0. The minimum atomic E-state index is -0.576. The van der Waals surface area contributed by atoms with Gasteiger partial charge >= 0.3 is 6.09 Å². The number of carbonyl (C=O) groups excluding carboxylic acids is 1. The molecule has 1 aliphatic rings. The van der Waals surface area contributed by atoms with Crippen molar-refractivity contribution in [2.45, 2.75) is 0 Å². The molecule has 1 heterocycles. The van der Waals surface area contributed by atoms with E-state index in [4.69, 9.17) is 0 Å². The van der Waals surface area contributed by atoms with Gasteiger partial charge < -0.3 is 4.74 Å². The first-order chi connectivity index (χ1) is 4.83. The van der Waals surface area contributed by atoms with Gasteiger partial charge in [-0.1, -0.05) is 12.2 Å². The molecule has 0 aliphatic carbocycles. The number of methoxy groups -OCH3 is 1. The third-order valence-corrected chi connectivity index (χ3v) is 2.44. The second-order valence-corrected chi connectivity index (χ2v) is 3.33. The number of allylic oxidation sites excluding steroid dienone is 2. The summed E-state index contributed by atoms with van der Waals surface area (Å²) >= 11 is -0.576. The molecule has 0 spiro atoms. The van der Waals surface area contributed by atoms with Crippen LogP contribution in [0.3, 0.4) is 0 Å². The first-order valence-electron chi connectivity index (χ1n) is 2.81. The summed E-state index contributed by atoms with van der Waals surface area (Å²) in [5.74, 6) is 0. The van der Waals surface area contributed by atoms with Gasteiger partial charge in [-0.15, -0.1) is 11.1 Å². The Morgan fingerprint density at radius 1 is 1.50 bits per heavy atom. The van der Waals surface area contributed by atoms with Gasteiger partial charge in [0.1, 0.15) is 0 Å². The van der Waals surface area contributed by atoms with E-state index in [1.54, 1.807) is 0 Å². The third-order valence-electron chi connectivity index (χ3n) is 1.01. The topological polar surface area (TPSA) is 38.3 Å². The van der Waals surface area contributed by atoms with Gasteiger partial charge in [0, 0.05) is 0 Å². The maximum Gasteiger partial charge on any atom is 0.415 e. The molecule has 0 fully saturated rings. The SMILES string of the molecule is COC(=O)N[SH]1C=CC=C1. The fourth-order valence-electron chi connectivity index (χ4n) is 0.560. The first-order valence-corrected chi connectivity index (χ1v) is 4.29. The van der Waals surface area contributed by atoms with Crippen molar-refractivity contribution in [3.63, 3.8) is 0 Å². The summed E-state index contributed by atoms with van der Waals surface area (Å²) in [6, 6.07) is 0. The van der Waals surface area contributed by atoms with Crippen molar-refractivity contribution in [1.29, 1.82) is 0 Å². The smallest absolute Gasteiger partial charge is 0.415 e. The minimum Gasteiger partial charge on any atom is -0.452 e. The standard InChI is InChI=1S/C6H9NO2S/c1-9-6(8)7-10-4-2-3-5-10/h2-5,10H,1H3,(H,7,8). The van der Waals surface area contributed by atoms with E-state index in [-0.39, 0.29) is 6.09 Å². The predicted molar refractivity (Wildman–Crippen MR) is 42.8 cm³/mol. The van der Waals surface area contributed by atoms with Crippen LogP contribution in [0.5, 0.6) is 0 Å². The molecule has 4 heteroatoms. The molecule has 0 aromatic carbocycles. The number of carbonyl (C=O) groups is 1. The highest BCUT2D eigenvalue weighted by molar-refractivity contribution is 8.21. The average Bonchev–Trinajstić information content (AvgIpc) is 2.40. The molecule has 0 aromatic rings. The predicted octanol–water partition coefficient (Wildman–Crippen LogP) is 1.30. The number of amides is 1. The van der Waals surface area contributed by atoms with Crippen molar-refractivity contribution >= 4 is 17.2 Å². The summed E-state index contributed by atoms with van der Waals surface area (Å²) < 4.78 is 7.07. The normalized spacial score (nSPS) is 17.5. The highest BCUT2D eigenvalue weighted by Gasteiger charge is 2.02. The van der Waals surface area contributed by atoms with Crippen LogP contribution in [-0.4, -0.2) is 13.2 Å². The highest BCUT2D eigenvalue weighted by Crippen LogP contribution is 2.27. The lowest BCUT2D eigenvalue weighted by atomic mass is 10.6. The number of thiol groups is 1. The zero-order valence-electron chi connectivity index (χ0n) is 5.57. The fraction of sp³-hybridized carbons (Fsp3) is 0.167. The van der Waals surface area contributed by atoms with Crippen LogP contribution in [0.15, 0.2) is 23.0 Å². The molecule has 0 saturated heterocycles. The monoisotopic (exact) mass is 159 g/mol. The number of hydrogen-bond donors (Lipinski definition) is 2. The summed E-state index contributed by atoms with van der Waals surface area (Å²) in [4.78, 5) is 10.6. The van der Waals surface area contributed by atoms with Gasteiger partial charge in [-0.25, -0.2) is 4.79 Å². The van der Waals surface area contributed by atoms with Gasteiger partial charge in [0.2, 0.25) is 0 Å². The summed E-state index contributed by atoms with van der Waals surface area (Å²) in [6.45, 7) is 0. The van der Waals surface area contributed by atoms with Crippen molar-refractivity contribution in [3.05, 3.63) is 23.0 Å². The molecule has 0 unspecified atom stereocenters. The molecule has 0 aromatic heterocycles. The molecule has 0 radical (unpaired) electrons. The van der Waals surface area contributed by atoms with Crippen molar-refractivity contribution in [2.75, 3.05) is 7.11 Å². The van der Waals surface area contributed by atoms with Gasteiger partial charge in [0.25, 0.3) is 0 Å². The number of hydrogen-bond acceptors (Lipinski definition) is 2. The molecule has 1 amide bonds. The van der Waals surface area contributed by atoms with Crippen molar-refractivity contribution in [2.24, 2.45) is 0 Å². The van der Waals surface area contributed by atoms with E-state index in [0.717, 1.165) is 0 Å². The number of nitrogens with one attached hydrogen (secondary N) is 1. The fourth-order valence-corrected chi connectivity index (χ4v) is 1.68. The van der Waals surface area contributed by atoms with Crippen LogP contribution in [0.1, 0.15) is 0 Å². The Kier molecular flexibility index (Phi) is 2.39. The lowest BCUT2D eigenvalue weighted by Gasteiger charge is -2.09. The quantitative estimate of drug-likeness (QED) is 0.566. The Hall–Kier alpha value is -0.900. The number of rotatable bonds is 1. The van der Waals surface area contributed by atoms with Gasteiger partial charge in [0.15, 0.2) is 0 Å². The second-order valence-electron chi connectivity index (χ2n) is 1.69. The summed E-state index contributed by atoms with van der Waals surface area (Å²) in [7, 11) is 1.36. The molecule has 56 valence electrons. The zero-order chi connectivity index (χ0) is 7.40. The second kappa shape index (κ2) is 3.31. The molecular weight excluding hydrogens is 150 g/mol. The molecule has 0 bridgehead atoms. The first kappa shape index (κ1) is 7.21. The van der Waals surface area contributed by atoms with Gasteiger partial charge in [0.05, 0.1) is 7.11 Å². The van der Waals surface area contributed by atoms with E-state index >= 15 is 0 Å². The molecule has 3 nitrogen and oxygen atoms in total. The van der Waals surface area contributed by atoms with Crippen LogP contribution in [0.25, 0.3) is 0 Å². The number of ether oxygens (including phenoxy) is 1. The zero-order valence-corrected chi connectivity index (χ0v) is 6.47. The Balaban J connectivity index is 2.32. The maximum atomic E-state index is 10.6. The lowest BCUT2D eigenvalue weighted by molar-refractivity contribution is 0.178. The van der Waals surface area contributed by atoms with Crippen LogP contribution in [0, 0.1) is 0 Å². The van der Waals surface area contributed by atoms with Crippen molar-refractivity contribution < 1.29 is 9.53 Å². The van der Waals surface area contributed by atoms with Crippen LogP contribution < -0.4 is 4.72 Å². The van der Waals surface area contributed by atoms with Crippen LogP contribution >= 0.6 is 11.1 Å². The van der Waals surface area contributed by atoms with Crippen molar-refractivity contribution in [1.82, 2.24) is 4.72 Å². The summed E-state index contributed by atoms with van der Waals surface area (Å²) in [5, 5.41) is 3.87. The molecule has 1 N–H and O–H groups in total. The molecule has 1 aliphatic heterocycles. The van der Waals surface area contributed by atoms with Gasteiger partial charge in [-0.05, 0) is 10.8 Å². The van der Waals surface area contributed by atoms with E-state index in [1.165, 1.54) is 7.11 Å². The third kappa shape index (κ3) is 1.80. The van der Waals surface area contributed by atoms with Gasteiger partial charge in [-0.3, -0.25) is 4.72 Å². The van der Waals surface area contributed by atoms with E-state index in [1.807, 2.05) is 23.0 Å². The Morgan fingerprint density at radius 3 is 2.60 bits per heavy atom. The van der Waals surface area contributed by atoms with E-state index in [9.17, 15) is 4.79 Å². The summed E-state index contributed by atoms with van der Waals surface area (Å²) in [6.07, 6.45) is 3.44. The van der Waals surface area contributed by atoms with Crippen LogP contribution in [-0.2, 0) is 4.74 Å². The van der Waals surface area contributed by atoms with E-state index < -0.39 is 11.1 Å². The lowest BCUT2D eigenvalue weighted by Crippen LogP contribution is -2.17.